The quantitative estimate of drug-likeness (QED) is 0.352. The zero-order valence-corrected chi connectivity index (χ0v) is 20.1. The highest BCUT2D eigenvalue weighted by atomic mass is 79.9. The van der Waals surface area contributed by atoms with E-state index >= 15 is 0 Å². The van der Waals surface area contributed by atoms with Crippen molar-refractivity contribution in [2.75, 3.05) is 17.6 Å². The van der Waals surface area contributed by atoms with Crippen molar-refractivity contribution in [1.29, 1.82) is 0 Å². The summed E-state index contributed by atoms with van der Waals surface area (Å²) in [5.41, 5.74) is 3.30. The zero-order chi connectivity index (χ0) is 23.4. The number of fused-ring (bicyclic) bond motifs is 1. The number of carbonyl (C=O) groups is 1. The Balaban J connectivity index is 1.53. The van der Waals surface area contributed by atoms with Gasteiger partial charge in [0.05, 0.1) is 16.8 Å². The van der Waals surface area contributed by atoms with Gasteiger partial charge in [-0.25, -0.2) is 13.8 Å². The molecule has 1 aliphatic heterocycles. The SMILES string of the molecule is O=C(CN(c1ccc(Cl)cc1)S(=O)(=O)c1ccccc1)N/N=C\c1cc2c(cc1Br)OCO2. The highest BCUT2D eigenvalue weighted by molar-refractivity contribution is 9.10. The molecule has 8 nitrogen and oxygen atoms in total. The largest absolute Gasteiger partial charge is 0.454 e. The Morgan fingerprint density at radius 3 is 2.45 bits per heavy atom. The number of ether oxygens (including phenoxy) is 2. The van der Waals surface area contributed by atoms with Crippen LogP contribution in [-0.4, -0.2) is 33.9 Å². The van der Waals surface area contributed by atoms with Crippen molar-refractivity contribution >= 4 is 55.4 Å². The summed E-state index contributed by atoms with van der Waals surface area (Å²) in [5, 5.41) is 4.39. The third-order valence-corrected chi connectivity index (χ3v) is 7.34. The van der Waals surface area contributed by atoms with E-state index in [1.54, 1.807) is 42.5 Å². The number of benzene rings is 3. The summed E-state index contributed by atoms with van der Waals surface area (Å²) in [4.78, 5) is 12.7. The van der Waals surface area contributed by atoms with Crippen molar-refractivity contribution in [3.63, 3.8) is 0 Å². The molecule has 1 amide bonds. The van der Waals surface area contributed by atoms with Gasteiger partial charge in [-0.1, -0.05) is 29.8 Å². The second kappa shape index (κ2) is 9.82. The molecule has 0 aliphatic carbocycles. The third-order valence-electron chi connectivity index (χ3n) is 4.62. The summed E-state index contributed by atoms with van der Waals surface area (Å²) < 4.78 is 38.8. The number of anilines is 1. The Kier molecular flexibility index (Phi) is 6.87. The Bertz CT molecular complexity index is 1300. The van der Waals surface area contributed by atoms with Gasteiger partial charge in [-0.3, -0.25) is 9.10 Å². The van der Waals surface area contributed by atoms with Crippen LogP contribution in [0.15, 0.2) is 81.2 Å². The number of rotatable bonds is 7. The molecule has 0 fully saturated rings. The number of nitrogens with zero attached hydrogens (tertiary/aromatic N) is 2. The van der Waals surface area contributed by atoms with E-state index in [-0.39, 0.29) is 11.7 Å². The summed E-state index contributed by atoms with van der Waals surface area (Å²) >= 11 is 9.35. The van der Waals surface area contributed by atoms with E-state index in [1.807, 2.05) is 0 Å². The van der Waals surface area contributed by atoms with E-state index in [9.17, 15) is 13.2 Å². The van der Waals surface area contributed by atoms with E-state index < -0.39 is 22.5 Å². The molecule has 33 heavy (non-hydrogen) atoms. The topological polar surface area (TPSA) is 97.3 Å². The molecule has 1 heterocycles. The lowest BCUT2D eigenvalue weighted by molar-refractivity contribution is -0.119. The summed E-state index contributed by atoms with van der Waals surface area (Å²) in [6, 6.07) is 17.5. The van der Waals surface area contributed by atoms with Crippen LogP contribution in [0.2, 0.25) is 5.02 Å². The van der Waals surface area contributed by atoms with E-state index in [0.29, 0.717) is 32.2 Å². The predicted octanol–water partition coefficient (Wildman–Crippen LogP) is 4.18. The Morgan fingerprint density at radius 1 is 1.09 bits per heavy atom. The molecule has 3 aromatic rings. The maximum Gasteiger partial charge on any atom is 0.264 e. The summed E-state index contributed by atoms with van der Waals surface area (Å²) in [6.07, 6.45) is 1.42. The molecule has 3 aromatic carbocycles. The first-order chi connectivity index (χ1) is 15.8. The van der Waals surface area contributed by atoms with Gasteiger partial charge in [-0.05, 0) is 64.5 Å². The number of amides is 1. The van der Waals surface area contributed by atoms with Gasteiger partial charge in [-0.2, -0.15) is 5.10 Å². The van der Waals surface area contributed by atoms with E-state index in [0.717, 1.165) is 4.31 Å². The number of hydrazone groups is 1. The molecule has 1 aliphatic rings. The third kappa shape index (κ3) is 5.29. The number of carbonyl (C=O) groups excluding carboxylic acids is 1. The number of halogens is 2. The highest BCUT2D eigenvalue weighted by Gasteiger charge is 2.27. The van der Waals surface area contributed by atoms with E-state index in [4.69, 9.17) is 21.1 Å². The average Bonchev–Trinajstić information content (AvgIpc) is 3.26. The highest BCUT2D eigenvalue weighted by Crippen LogP contribution is 2.36. The first-order valence-corrected chi connectivity index (χ1v) is 12.2. The average molecular weight is 551 g/mol. The van der Waals surface area contributed by atoms with E-state index in [2.05, 4.69) is 26.5 Å². The lowest BCUT2D eigenvalue weighted by Crippen LogP contribution is -2.39. The summed E-state index contributed by atoms with van der Waals surface area (Å²) in [7, 11) is -4.01. The molecule has 0 saturated heterocycles. The van der Waals surface area contributed by atoms with Gasteiger partial charge in [0.2, 0.25) is 6.79 Å². The second-order valence-corrected chi connectivity index (χ2v) is 9.97. The van der Waals surface area contributed by atoms with Crippen LogP contribution < -0.4 is 19.2 Å². The Hall–Kier alpha value is -3.08. The van der Waals surface area contributed by atoms with Crippen LogP contribution in [0.4, 0.5) is 5.69 Å². The fourth-order valence-electron chi connectivity index (χ4n) is 3.01. The molecule has 0 bridgehead atoms. The Labute approximate surface area is 203 Å². The molecule has 11 heteroatoms. The fraction of sp³-hybridized carbons (Fsp3) is 0.0909. The molecule has 0 radical (unpaired) electrons. The van der Waals surface area contributed by atoms with Crippen molar-refractivity contribution in [3.8, 4) is 11.5 Å². The maximum absolute atomic E-state index is 13.2. The van der Waals surface area contributed by atoms with Crippen molar-refractivity contribution in [2.24, 2.45) is 5.10 Å². The van der Waals surface area contributed by atoms with Crippen LogP contribution in [0.3, 0.4) is 0 Å². The van der Waals surface area contributed by atoms with Crippen molar-refractivity contribution in [1.82, 2.24) is 5.43 Å². The molecule has 0 unspecified atom stereocenters. The molecule has 0 spiro atoms. The lowest BCUT2D eigenvalue weighted by Gasteiger charge is -2.23. The van der Waals surface area contributed by atoms with E-state index in [1.165, 1.54) is 30.5 Å². The monoisotopic (exact) mass is 549 g/mol. The van der Waals surface area contributed by atoms with Crippen molar-refractivity contribution in [2.45, 2.75) is 4.90 Å². The van der Waals surface area contributed by atoms with Gasteiger partial charge < -0.3 is 9.47 Å². The molecule has 4 rings (SSSR count). The number of hydrogen-bond donors (Lipinski definition) is 1. The molecule has 1 N–H and O–H groups in total. The number of sulfonamides is 1. The minimum absolute atomic E-state index is 0.0561. The molecule has 0 atom stereocenters. The number of nitrogens with one attached hydrogen (secondary N) is 1. The fourth-order valence-corrected chi connectivity index (χ4v) is 5.01. The number of hydrogen-bond acceptors (Lipinski definition) is 6. The summed E-state index contributed by atoms with van der Waals surface area (Å²) in [5.74, 6) is 0.541. The Morgan fingerprint density at radius 2 is 1.76 bits per heavy atom. The molecule has 170 valence electrons. The van der Waals surface area contributed by atoms with Crippen LogP contribution in [0.1, 0.15) is 5.56 Å². The van der Waals surface area contributed by atoms with Gasteiger partial charge in [-0.15, -0.1) is 0 Å². The van der Waals surface area contributed by atoms with Crippen LogP contribution in [0.25, 0.3) is 0 Å². The molecular formula is C22H17BrClN3O5S. The van der Waals surface area contributed by atoms with Crippen molar-refractivity contribution < 1.29 is 22.7 Å². The predicted molar refractivity (Wildman–Crippen MR) is 128 cm³/mol. The second-order valence-electron chi connectivity index (χ2n) is 6.82. The standard InChI is InChI=1S/C22H17BrClN3O5S/c23-19-11-21-20(31-14-32-21)10-15(19)12-25-26-22(28)13-27(17-8-6-16(24)7-9-17)33(29,30)18-4-2-1-3-5-18/h1-12H,13-14H2,(H,26,28)/b25-12-. The first kappa shape index (κ1) is 23.1. The van der Waals surface area contributed by atoms with Crippen molar-refractivity contribution in [3.05, 3.63) is 81.8 Å². The smallest absolute Gasteiger partial charge is 0.264 e. The van der Waals surface area contributed by atoms with Gasteiger partial charge in [0, 0.05) is 15.1 Å². The van der Waals surface area contributed by atoms with Gasteiger partial charge in [0.1, 0.15) is 6.54 Å². The zero-order valence-electron chi connectivity index (χ0n) is 16.9. The van der Waals surface area contributed by atoms with Gasteiger partial charge in [0.25, 0.3) is 15.9 Å². The van der Waals surface area contributed by atoms with Gasteiger partial charge in [0.15, 0.2) is 11.5 Å². The minimum atomic E-state index is -4.01. The summed E-state index contributed by atoms with van der Waals surface area (Å²) in [6.45, 7) is -0.353. The molecule has 0 aromatic heterocycles. The van der Waals surface area contributed by atoms with Crippen LogP contribution in [0.5, 0.6) is 11.5 Å². The van der Waals surface area contributed by atoms with Crippen LogP contribution >= 0.6 is 27.5 Å². The first-order valence-electron chi connectivity index (χ1n) is 9.59. The van der Waals surface area contributed by atoms with Crippen LogP contribution in [0, 0.1) is 0 Å². The molecular weight excluding hydrogens is 534 g/mol. The van der Waals surface area contributed by atoms with Gasteiger partial charge >= 0.3 is 0 Å². The van der Waals surface area contributed by atoms with Crippen LogP contribution in [-0.2, 0) is 14.8 Å². The normalized spacial score (nSPS) is 12.7. The molecule has 0 saturated carbocycles. The minimum Gasteiger partial charge on any atom is -0.454 e. The maximum atomic E-state index is 13.2. The lowest BCUT2D eigenvalue weighted by atomic mass is 10.2.